The highest BCUT2D eigenvalue weighted by atomic mass is 15.3. The molecule has 1 unspecified atom stereocenters. The molecule has 0 bridgehead atoms. The first-order valence-electron chi connectivity index (χ1n) is 5.77. The number of hydrogen-bond donors (Lipinski definition) is 1. The van der Waals surface area contributed by atoms with E-state index in [1.54, 1.807) is 0 Å². The lowest BCUT2D eigenvalue weighted by Gasteiger charge is -2.13. The molecule has 1 atom stereocenters. The summed E-state index contributed by atoms with van der Waals surface area (Å²) in [5.74, 6) is 1.35. The van der Waals surface area contributed by atoms with Crippen LogP contribution in [0.2, 0.25) is 0 Å². The van der Waals surface area contributed by atoms with Crippen molar-refractivity contribution < 1.29 is 0 Å². The van der Waals surface area contributed by atoms with Crippen LogP contribution in [0.3, 0.4) is 0 Å². The molecule has 0 fully saturated rings. The first kappa shape index (κ1) is 12.2. The summed E-state index contributed by atoms with van der Waals surface area (Å²) in [7, 11) is 0. The molecule has 0 radical (unpaired) electrons. The van der Waals surface area contributed by atoms with Crippen molar-refractivity contribution in [2.75, 3.05) is 13.1 Å². The van der Waals surface area contributed by atoms with E-state index in [2.05, 4.69) is 44.3 Å². The Morgan fingerprint density at radius 2 is 2.07 bits per heavy atom. The predicted octanol–water partition coefficient (Wildman–Crippen LogP) is 2.07. The van der Waals surface area contributed by atoms with E-state index in [0.717, 1.165) is 25.6 Å². The fraction of sp³-hybridized carbons (Fsp3) is 0.750. The smallest absolute Gasteiger partial charge is 0.0518 e. The number of nitrogens with one attached hydrogen (secondary N) is 1. The fourth-order valence-corrected chi connectivity index (χ4v) is 1.57. The van der Waals surface area contributed by atoms with Gasteiger partial charge in [-0.25, -0.2) is 0 Å². The van der Waals surface area contributed by atoms with Crippen molar-refractivity contribution in [2.24, 2.45) is 11.8 Å². The Balaban J connectivity index is 2.21. The van der Waals surface area contributed by atoms with Gasteiger partial charge in [-0.05, 0) is 37.4 Å². The van der Waals surface area contributed by atoms with Crippen LogP contribution in [0.5, 0.6) is 0 Å². The quantitative estimate of drug-likeness (QED) is 0.777. The first-order valence-corrected chi connectivity index (χ1v) is 5.77. The van der Waals surface area contributed by atoms with Crippen LogP contribution in [-0.4, -0.2) is 22.9 Å². The van der Waals surface area contributed by atoms with Crippen LogP contribution in [0.15, 0.2) is 12.4 Å². The SMILES string of the molecule is Cc1cnn(CC(C)CNCC(C)C)c1. The number of aromatic nitrogens is 2. The number of nitrogens with zero attached hydrogens (tertiary/aromatic N) is 2. The van der Waals surface area contributed by atoms with Crippen LogP contribution >= 0.6 is 0 Å². The van der Waals surface area contributed by atoms with E-state index in [1.807, 2.05) is 10.9 Å². The summed E-state index contributed by atoms with van der Waals surface area (Å²) in [6.45, 7) is 12.0. The van der Waals surface area contributed by atoms with E-state index < -0.39 is 0 Å². The molecule has 1 aromatic heterocycles. The standard InChI is InChI=1S/C12H23N3/c1-10(2)5-13-6-11(3)8-15-9-12(4)7-14-15/h7,9-11,13H,5-6,8H2,1-4H3. The molecule has 0 saturated heterocycles. The summed E-state index contributed by atoms with van der Waals surface area (Å²) in [6.07, 6.45) is 4.01. The lowest BCUT2D eigenvalue weighted by molar-refractivity contribution is 0.409. The fourth-order valence-electron chi connectivity index (χ4n) is 1.57. The van der Waals surface area contributed by atoms with Crippen molar-refractivity contribution in [2.45, 2.75) is 34.2 Å². The minimum atomic E-state index is 0.628. The minimum absolute atomic E-state index is 0.628. The lowest BCUT2D eigenvalue weighted by atomic mass is 10.1. The first-order chi connectivity index (χ1) is 7.08. The normalized spacial score (nSPS) is 13.4. The molecule has 0 aliphatic heterocycles. The van der Waals surface area contributed by atoms with Gasteiger partial charge in [0, 0.05) is 12.7 Å². The lowest BCUT2D eigenvalue weighted by Crippen LogP contribution is -2.27. The van der Waals surface area contributed by atoms with E-state index in [4.69, 9.17) is 0 Å². The Hall–Kier alpha value is -0.830. The van der Waals surface area contributed by atoms with Crippen molar-refractivity contribution in [3.8, 4) is 0 Å². The van der Waals surface area contributed by atoms with Gasteiger partial charge in [-0.2, -0.15) is 5.10 Å². The summed E-state index contributed by atoms with van der Waals surface area (Å²) < 4.78 is 2.02. The van der Waals surface area contributed by atoms with E-state index in [-0.39, 0.29) is 0 Å². The van der Waals surface area contributed by atoms with Crippen molar-refractivity contribution in [3.63, 3.8) is 0 Å². The average molecular weight is 209 g/mol. The third-order valence-electron chi connectivity index (χ3n) is 2.31. The van der Waals surface area contributed by atoms with Gasteiger partial charge in [0.1, 0.15) is 0 Å². The molecule has 1 N–H and O–H groups in total. The molecular weight excluding hydrogens is 186 g/mol. The molecule has 3 nitrogen and oxygen atoms in total. The average Bonchev–Trinajstić information content (AvgIpc) is 2.50. The maximum absolute atomic E-state index is 4.29. The van der Waals surface area contributed by atoms with Gasteiger partial charge < -0.3 is 5.32 Å². The van der Waals surface area contributed by atoms with E-state index in [9.17, 15) is 0 Å². The van der Waals surface area contributed by atoms with Gasteiger partial charge in [-0.15, -0.1) is 0 Å². The summed E-state index contributed by atoms with van der Waals surface area (Å²) >= 11 is 0. The number of rotatable bonds is 6. The Morgan fingerprint density at radius 3 is 2.60 bits per heavy atom. The van der Waals surface area contributed by atoms with Crippen LogP contribution in [0.25, 0.3) is 0 Å². The van der Waals surface area contributed by atoms with E-state index in [1.165, 1.54) is 5.56 Å². The van der Waals surface area contributed by atoms with Crippen LogP contribution in [0, 0.1) is 18.8 Å². The van der Waals surface area contributed by atoms with Gasteiger partial charge in [-0.1, -0.05) is 20.8 Å². The topological polar surface area (TPSA) is 29.9 Å². The molecule has 0 aromatic carbocycles. The molecule has 0 aliphatic rings. The zero-order chi connectivity index (χ0) is 11.3. The third-order valence-corrected chi connectivity index (χ3v) is 2.31. The van der Waals surface area contributed by atoms with Gasteiger partial charge in [0.15, 0.2) is 0 Å². The molecule has 86 valence electrons. The van der Waals surface area contributed by atoms with Crippen molar-refractivity contribution >= 4 is 0 Å². The zero-order valence-corrected chi connectivity index (χ0v) is 10.3. The zero-order valence-electron chi connectivity index (χ0n) is 10.3. The largest absolute Gasteiger partial charge is 0.316 e. The maximum atomic E-state index is 4.29. The Kier molecular flexibility index (Phi) is 4.82. The van der Waals surface area contributed by atoms with Crippen LogP contribution < -0.4 is 5.32 Å². The Bertz CT molecular complexity index is 278. The molecule has 3 heteroatoms. The third kappa shape index (κ3) is 4.98. The molecule has 0 spiro atoms. The number of hydrogen-bond acceptors (Lipinski definition) is 2. The summed E-state index contributed by atoms with van der Waals surface area (Å²) in [5.41, 5.74) is 1.23. The molecular formula is C12H23N3. The maximum Gasteiger partial charge on any atom is 0.0518 e. The monoisotopic (exact) mass is 209 g/mol. The van der Waals surface area contributed by atoms with Gasteiger partial charge >= 0.3 is 0 Å². The molecule has 0 aliphatic carbocycles. The number of aryl methyl sites for hydroxylation is 1. The van der Waals surface area contributed by atoms with Gasteiger partial charge in [0.25, 0.3) is 0 Å². The highest BCUT2D eigenvalue weighted by Gasteiger charge is 2.04. The van der Waals surface area contributed by atoms with Crippen molar-refractivity contribution in [3.05, 3.63) is 18.0 Å². The van der Waals surface area contributed by atoms with Crippen molar-refractivity contribution in [1.29, 1.82) is 0 Å². The van der Waals surface area contributed by atoms with Crippen LogP contribution in [0.1, 0.15) is 26.3 Å². The highest BCUT2D eigenvalue weighted by molar-refractivity contribution is 4.99. The highest BCUT2D eigenvalue weighted by Crippen LogP contribution is 2.01. The molecule has 1 heterocycles. The minimum Gasteiger partial charge on any atom is -0.316 e. The van der Waals surface area contributed by atoms with Crippen LogP contribution in [-0.2, 0) is 6.54 Å². The van der Waals surface area contributed by atoms with Crippen LogP contribution in [0.4, 0.5) is 0 Å². The summed E-state index contributed by atoms with van der Waals surface area (Å²) in [4.78, 5) is 0. The second-order valence-electron chi connectivity index (χ2n) is 4.90. The second kappa shape index (κ2) is 5.91. The molecule has 1 rings (SSSR count). The van der Waals surface area contributed by atoms with Gasteiger partial charge in [0.2, 0.25) is 0 Å². The molecule has 0 saturated carbocycles. The molecule has 15 heavy (non-hydrogen) atoms. The summed E-state index contributed by atoms with van der Waals surface area (Å²) in [5, 5.41) is 7.76. The van der Waals surface area contributed by atoms with E-state index >= 15 is 0 Å². The summed E-state index contributed by atoms with van der Waals surface area (Å²) in [6, 6.07) is 0. The molecule has 1 aromatic rings. The second-order valence-corrected chi connectivity index (χ2v) is 4.90. The van der Waals surface area contributed by atoms with E-state index in [0.29, 0.717) is 5.92 Å². The Morgan fingerprint density at radius 1 is 1.33 bits per heavy atom. The van der Waals surface area contributed by atoms with Gasteiger partial charge in [-0.3, -0.25) is 4.68 Å². The Labute approximate surface area is 92.9 Å². The van der Waals surface area contributed by atoms with Gasteiger partial charge in [0.05, 0.1) is 6.20 Å². The molecule has 0 amide bonds. The predicted molar refractivity (Wildman–Crippen MR) is 63.8 cm³/mol. The van der Waals surface area contributed by atoms with Crippen molar-refractivity contribution in [1.82, 2.24) is 15.1 Å².